The van der Waals surface area contributed by atoms with Gasteiger partial charge in [0.25, 0.3) is 0 Å². The quantitative estimate of drug-likeness (QED) is 0.198. The van der Waals surface area contributed by atoms with Crippen LogP contribution in [-0.2, 0) is 12.8 Å². The smallest absolute Gasteiger partial charge is 0.0730 e. The molecule has 0 unspecified atom stereocenters. The van der Waals surface area contributed by atoms with Gasteiger partial charge in [-0.1, -0.05) is 66.7 Å². The third kappa shape index (κ3) is 3.72. The highest BCUT2D eigenvalue weighted by Gasteiger charge is 2.24. The van der Waals surface area contributed by atoms with Crippen LogP contribution in [0.5, 0.6) is 0 Å². The SMILES string of the molecule is C(=N\N(c1ccc2ccccc2c1)c1cccc2ccccc12)/c1cc2c3c(c1)CCCN3CCC2. The number of hydrazone groups is 1. The molecule has 7 rings (SSSR count). The Balaban J connectivity index is 1.36. The van der Waals surface area contributed by atoms with Crippen LogP contribution in [0.1, 0.15) is 29.5 Å². The summed E-state index contributed by atoms with van der Waals surface area (Å²) in [4.78, 5) is 2.59. The second kappa shape index (κ2) is 8.83. The van der Waals surface area contributed by atoms with E-state index in [0.29, 0.717) is 0 Å². The lowest BCUT2D eigenvalue weighted by molar-refractivity contribution is 0.634. The minimum Gasteiger partial charge on any atom is -0.371 e. The third-order valence-corrected chi connectivity index (χ3v) is 7.65. The first-order chi connectivity index (χ1) is 17.8. The minimum absolute atomic E-state index is 1.06. The molecule has 5 aromatic rings. The molecule has 0 fully saturated rings. The normalized spacial score (nSPS) is 14.9. The van der Waals surface area contributed by atoms with Crippen molar-refractivity contribution in [3.63, 3.8) is 0 Å². The molecule has 0 N–H and O–H groups in total. The molecular formula is C33H29N3. The van der Waals surface area contributed by atoms with Crippen molar-refractivity contribution in [1.29, 1.82) is 0 Å². The molecule has 2 aliphatic heterocycles. The Morgan fingerprint density at radius 1 is 0.667 bits per heavy atom. The van der Waals surface area contributed by atoms with Gasteiger partial charge in [-0.2, -0.15) is 5.10 Å². The Hall–Kier alpha value is -4.11. The van der Waals surface area contributed by atoms with E-state index in [1.165, 1.54) is 69.9 Å². The van der Waals surface area contributed by atoms with E-state index >= 15 is 0 Å². The molecule has 0 amide bonds. The van der Waals surface area contributed by atoms with E-state index in [-0.39, 0.29) is 0 Å². The van der Waals surface area contributed by atoms with E-state index in [1.54, 1.807) is 0 Å². The summed E-state index contributed by atoms with van der Waals surface area (Å²) in [7, 11) is 0. The summed E-state index contributed by atoms with van der Waals surface area (Å²) >= 11 is 0. The molecule has 36 heavy (non-hydrogen) atoms. The molecule has 2 heterocycles. The van der Waals surface area contributed by atoms with Crippen LogP contribution in [0.2, 0.25) is 0 Å². The van der Waals surface area contributed by atoms with Crippen molar-refractivity contribution in [3.05, 3.63) is 114 Å². The lowest BCUT2D eigenvalue weighted by atomic mass is 9.90. The molecule has 0 radical (unpaired) electrons. The summed E-state index contributed by atoms with van der Waals surface area (Å²) in [6, 6.07) is 34.9. The molecule has 3 nitrogen and oxygen atoms in total. The van der Waals surface area contributed by atoms with Crippen LogP contribution in [0.15, 0.2) is 102 Å². The number of nitrogens with zero attached hydrogens (tertiary/aromatic N) is 3. The molecule has 2 aliphatic rings. The number of fused-ring (bicyclic) bond motifs is 2. The monoisotopic (exact) mass is 467 g/mol. The fourth-order valence-corrected chi connectivity index (χ4v) is 6.00. The van der Waals surface area contributed by atoms with E-state index in [1.807, 2.05) is 0 Å². The van der Waals surface area contributed by atoms with Gasteiger partial charge in [-0.15, -0.1) is 0 Å². The van der Waals surface area contributed by atoms with Crippen LogP contribution in [0, 0.1) is 0 Å². The fraction of sp³-hybridized carbons (Fsp3) is 0.182. The molecule has 5 aromatic carbocycles. The van der Waals surface area contributed by atoms with Crippen LogP contribution in [-0.4, -0.2) is 19.3 Å². The summed E-state index contributed by atoms with van der Waals surface area (Å²) in [5.74, 6) is 0. The van der Waals surface area contributed by atoms with E-state index in [2.05, 4.69) is 113 Å². The van der Waals surface area contributed by atoms with E-state index in [9.17, 15) is 0 Å². The highest BCUT2D eigenvalue weighted by Crippen LogP contribution is 2.37. The Morgan fingerprint density at radius 3 is 2.17 bits per heavy atom. The first-order valence-electron chi connectivity index (χ1n) is 13.0. The average molecular weight is 468 g/mol. The number of hydrogen-bond donors (Lipinski definition) is 0. The number of benzene rings is 5. The van der Waals surface area contributed by atoms with Gasteiger partial charge in [0.05, 0.1) is 17.6 Å². The highest BCUT2D eigenvalue weighted by atomic mass is 15.5. The lowest BCUT2D eigenvalue weighted by Gasteiger charge is -2.37. The topological polar surface area (TPSA) is 18.8 Å². The van der Waals surface area contributed by atoms with Gasteiger partial charge in [0.2, 0.25) is 0 Å². The standard InChI is InChI=1S/C33H29N3/c1-2-10-27-22-30(17-16-25(27)8-1)36(32-15-5-11-26-9-3-4-14-31(26)32)34-23-24-20-28-12-6-18-35-19-7-13-29(21-24)33(28)35/h1-5,8-11,14-17,20-23H,6-7,12-13,18-19H2/b34-23+. The van der Waals surface area contributed by atoms with Crippen LogP contribution < -0.4 is 9.91 Å². The Morgan fingerprint density at radius 2 is 1.36 bits per heavy atom. The van der Waals surface area contributed by atoms with Gasteiger partial charge in [-0.3, -0.25) is 0 Å². The van der Waals surface area contributed by atoms with Gasteiger partial charge >= 0.3 is 0 Å². The van der Waals surface area contributed by atoms with E-state index in [4.69, 9.17) is 5.10 Å². The van der Waals surface area contributed by atoms with Crippen LogP contribution in [0.25, 0.3) is 21.5 Å². The van der Waals surface area contributed by atoms with Crippen molar-refractivity contribution in [2.75, 3.05) is 23.0 Å². The zero-order valence-electron chi connectivity index (χ0n) is 20.4. The number of hydrogen-bond acceptors (Lipinski definition) is 3. The summed E-state index contributed by atoms with van der Waals surface area (Å²) in [6.45, 7) is 2.40. The molecule has 0 aliphatic carbocycles. The van der Waals surface area contributed by atoms with Crippen molar-refractivity contribution in [2.45, 2.75) is 25.7 Å². The van der Waals surface area contributed by atoms with Gasteiger partial charge in [-0.05, 0) is 88.9 Å². The molecule has 0 saturated carbocycles. The van der Waals surface area contributed by atoms with Crippen molar-refractivity contribution >= 4 is 44.8 Å². The van der Waals surface area contributed by atoms with Gasteiger partial charge in [0, 0.05) is 24.2 Å². The van der Waals surface area contributed by atoms with Gasteiger partial charge in [0.15, 0.2) is 0 Å². The maximum absolute atomic E-state index is 5.15. The number of aryl methyl sites for hydroxylation is 2. The Labute approximate surface area is 212 Å². The Bertz CT molecular complexity index is 1580. The Kier molecular flexibility index (Phi) is 5.20. The van der Waals surface area contributed by atoms with Crippen molar-refractivity contribution in [1.82, 2.24) is 0 Å². The van der Waals surface area contributed by atoms with Crippen LogP contribution in [0.4, 0.5) is 17.1 Å². The predicted molar refractivity (Wildman–Crippen MR) is 153 cm³/mol. The summed E-state index contributed by atoms with van der Waals surface area (Å²) in [5, 5.41) is 12.1. The zero-order valence-corrected chi connectivity index (χ0v) is 20.4. The van der Waals surface area contributed by atoms with Gasteiger partial charge in [-0.25, -0.2) is 5.01 Å². The maximum atomic E-state index is 5.15. The zero-order chi connectivity index (χ0) is 23.9. The predicted octanol–water partition coefficient (Wildman–Crippen LogP) is 7.86. The van der Waals surface area contributed by atoms with Crippen molar-refractivity contribution in [2.24, 2.45) is 5.10 Å². The van der Waals surface area contributed by atoms with Crippen LogP contribution in [0.3, 0.4) is 0 Å². The third-order valence-electron chi connectivity index (χ3n) is 7.65. The van der Waals surface area contributed by atoms with E-state index < -0.39 is 0 Å². The molecule has 0 aromatic heterocycles. The minimum atomic E-state index is 1.06. The fourth-order valence-electron chi connectivity index (χ4n) is 6.00. The first kappa shape index (κ1) is 21.2. The highest BCUT2D eigenvalue weighted by molar-refractivity contribution is 5.98. The van der Waals surface area contributed by atoms with Crippen molar-refractivity contribution < 1.29 is 0 Å². The lowest BCUT2D eigenvalue weighted by Crippen LogP contribution is -2.34. The number of anilines is 3. The molecule has 0 saturated heterocycles. The summed E-state index contributed by atoms with van der Waals surface area (Å²) in [6.07, 6.45) is 6.87. The molecule has 0 bridgehead atoms. The molecule has 0 atom stereocenters. The summed E-state index contributed by atoms with van der Waals surface area (Å²) < 4.78 is 0. The number of rotatable bonds is 4. The second-order valence-corrected chi connectivity index (χ2v) is 9.97. The molecule has 176 valence electrons. The largest absolute Gasteiger partial charge is 0.371 e. The molecule has 0 spiro atoms. The van der Waals surface area contributed by atoms with Crippen molar-refractivity contribution in [3.8, 4) is 0 Å². The second-order valence-electron chi connectivity index (χ2n) is 9.97. The average Bonchev–Trinajstić information content (AvgIpc) is 2.93. The molecular weight excluding hydrogens is 438 g/mol. The van der Waals surface area contributed by atoms with Gasteiger partial charge < -0.3 is 4.90 Å². The molecule has 3 heteroatoms. The van der Waals surface area contributed by atoms with Crippen LogP contribution >= 0.6 is 0 Å². The summed E-state index contributed by atoms with van der Waals surface area (Å²) in [5.41, 5.74) is 7.82. The van der Waals surface area contributed by atoms with E-state index in [0.717, 1.165) is 24.2 Å². The van der Waals surface area contributed by atoms with Gasteiger partial charge in [0.1, 0.15) is 0 Å². The first-order valence-corrected chi connectivity index (χ1v) is 13.0. The maximum Gasteiger partial charge on any atom is 0.0730 e.